The zero-order chi connectivity index (χ0) is 19.2. The van der Waals surface area contributed by atoms with Crippen molar-refractivity contribution in [2.24, 2.45) is 0 Å². The molecular formula is C18H21NO6S. The van der Waals surface area contributed by atoms with E-state index in [9.17, 15) is 13.2 Å². The number of rotatable bonds is 8. The molecule has 0 N–H and O–H groups in total. The molecule has 0 heterocycles. The average Bonchev–Trinajstić information content (AvgIpc) is 2.66. The Hall–Kier alpha value is -2.74. The molecule has 0 atom stereocenters. The third-order valence-electron chi connectivity index (χ3n) is 3.56. The van der Waals surface area contributed by atoms with Gasteiger partial charge in [0.25, 0.3) is 10.0 Å². The van der Waals surface area contributed by atoms with Gasteiger partial charge in [-0.25, -0.2) is 8.42 Å². The largest absolute Gasteiger partial charge is 0.497 e. The van der Waals surface area contributed by atoms with Gasteiger partial charge in [0, 0.05) is 6.07 Å². The number of hydrogen-bond acceptors (Lipinski definition) is 6. The van der Waals surface area contributed by atoms with Gasteiger partial charge >= 0.3 is 5.97 Å². The number of anilines is 1. The number of sulfonamides is 1. The Bertz CT molecular complexity index is 848. The van der Waals surface area contributed by atoms with E-state index in [0.29, 0.717) is 23.8 Å². The van der Waals surface area contributed by atoms with Gasteiger partial charge in [0.2, 0.25) is 0 Å². The third kappa shape index (κ3) is 4.45. The van der Waals surface area contributed by atoms with Gasteiger partial charge in [-0.1, -0.05) is 6.07 Å². The highest BCUT2D eigenvalue weighted by Gasteiger charge is 2.28. The number of esters is 1. The number of benzene rings is 2. The van der Waals surface area contributed by atoms with Crippen molar-refractivity contribution in [2.45, 2.75) is 11.8 Å². The van der Waals surface area contributed by atoms with Crippen LogP contribution in [0.5, 0.6) is 11.5 Å². The van der Waals surface area contributed by atoms with Crippen LogP contribution in [0.3, 0.4) is 0 Å². The van der Waals surface area contributed by atoms with E-state index < -0.39 is 22.5 Å². The van der Waals surface area contributed by atoms with Crippen molar-refractivity contribution in [3.63, 3.8) is 0 Å². The zero-order valence-corrected chi connectivity index (χ0v) is 15.7. The van der Waals surface area contributed by atoms with Crippen LogP contribution in [0.2, 0.25) is 0 Å². The standard InChI is InChI=1S/C18H21NO6S/c1-4-25-15-8-10-17(11-9-15)26(21,22)19(13-18(20)24-3)14-6-5-7-16(12-14)23-2/h5-12H,4,13H2,1-3H3. The van der Waals surface area contributed by atoms with E-state index in [0.717, 1.165) is 4.31 Å². The molecule has 2 aromatic carbocycles. The maximum absolute atomic E-state index is 13.1. The summed E-state index contributed by atoms with van der Waals surface area (Å²) in [4.78, 5) is 11.8. The normalized spacial score (nSPS) is 10.9. The summed E-state index contributed by atoms with van der Waals surface area (Å²) < 4.78 is 42.3. The molecule has 0 radical (unpaired) electrons. The van der Waals surface area contributed by atoms with Crippen molar-refractivity contribution in [1.82, 2.24) is 0 Å². The second kappa shape index (κ2) is 8.57. The minimum atomic E-state index is -3.99. The maximum Gasteiger partial charge on any atom is 0.326 e. The van der Waals surface area contributed by atoms with Crippen molar-refractivity contribution >= 4 is 21.7 Å². The minimum absolute atomic E-state index is 0.0349. The Balaban J connectivity index is 2.46. The van der Waals surface area contributed by atoms with Crippen LogP contribution in [0.4, 0.5) is 5.69 Å². The van der Waals surface area contributed by atoms with E-state index in [1.54, 1.807) is 30.3 Å². The van der Waals surface area contributed by atoms with Crippen LogP contribution in [0.15, 0.2) is 53.4 Å². The molecule has 0 saturated carbocycles. The lowest BCUT2D eigenvalue weighted by Crippen LogP contribution is -2.36. The molecule has 2 aromatic rings. The molecule has 0 fully saturated rings. The summed E-state index contributed by atoms with van der Waals surface area (Å²) in [5.74, 6) is 0.355. The molecule has 7 nitrogen and oxygen atoms in total. The number of carbonyl (C=O) groups excluding carboxylic acids is 1. The Kier molecular flexibility index (Phi) is 6.46. The van der Waals surface area contributed by atoms with E-state index in [1.165, 1.54) is 32.4 Å². The summed E-state index contributed by atoms with van der Waals surface area (Å²) in [6, 6.07) is 12.5. The van der Waals surface area contributed by atoms with Crippen LogP contribution in [0.25, 0.3) is 0 Å². The van der Waals surface area contributed by atoms with Gasteiger partial charge in [-0.15, -0.1) is 0 Å². The van der Waals surface area contributed by atoms with Crippen molar-refractivity contribution in [3.8, 4) is 11.5 Å². The molecule has 8 heteroatoms. The Morgan fingerprint density at radius 2 is 1.73 bits per heavy atom. The molecule has 0 saturated heterocycles. The topological polar surface area (TPSA) is 82.1 Å². The first-order valence-corrected chi connectivity index (χ1v) is 9.32. The number of methoxy groups -OCH3 is 2. The smallest absolute Gasteiger partial charge is 0.326 e. The molecule has 0 bridgehead atoms. The van der Waals surface area contributed by atoms with Crippen molar-refractivity contribution in [2.75, 3.05) is 31.7 Å². The molecule has 0 aliphatic carbocycles. The quantitative estimate of drug-likeness (QED) is 0.656. The summed E-state index contributed by atoms with van der Waals surface area (Å²) in [6.07, 6.45) is 0. The average molecular weight is 379 g/mol. The van der Waals surface area contributed by atoms with Gasteiger partial charge in [-0.2, -0.15) is 0 Å². The summed E-state index contributed by atoms with van der Waals surface area (Å²) in [7, 11) is -1.31. The van der Waals surface area contributed by atoms with E-state index in [2.05, 4.69) is 4.74 Å². The maximum atomic E-state index is 13.1. The molecule has 0 aliphatic heterocycles. The summed E-state index contributed by atoms with van der Waals surface area (Å²) in [5.41, 5.74) is 0.295. The van der Waals surface area contributed by atoms with Crippen LogP contribution in [-0.4, -0.2) is 41.8 Å². The Morgan fingerprint density at radius 1 is 1.04 bits per heavy atom. The highest BCUT2D eigenvalue weighted by atomic mass is 32.2. The first-order valence-electron chi connectivity index (χ1n) is 7.88. The minimum Gasteiger partial charge on any atom is -0.497 e. The van der Waals surface area contributed by atoms with Gasteiger partial charge in [-0.05, 0) is 43.3 Å². The monoisotopic (exact) mass is 379 g/mol. The summed E-state index contributed by atoms with van der Waals surface area (Å²) in [5, 5.41) is 0. The second-order valence-corrected chi connectivity index (χ2v) is 7.06. The molecule has 26 heavy (non-hydrogen) atoms. The van der Waals surface area contributed by atoms with Crippen LogP contribution in [0, 0.1) is 0 Å². The fraction of sp³-hybridized carbons (Fsp3) is 0.278. The predicted octanol–water partition coefficient (Wildman–Crippen LogP) is 2.46. The molecular weight excluding hydrogens is 358 g/mol. The fourth-order valence-corrected chi connectivity index (χ4v) is 3.67. The lowest BCUT2D eigenvalue weighted by molar-refractivity contribution is -0.138. The second-order valence-electron chi connectivity index (χ2n) is 5.19. The molecule has 0 aromatic heterocycles. The van der Waals surface area contributed by atoms with Crippen LogP contribution < -0.4 is 13.8 Å². The van der Waals surface area contributed by atoms with Gasteiger partial charge in [0.15, 0.2) is 0 Å². The van der Waals surface area contributed by atoms with Crippen molar-refractivity contribution in [1.29, 1.82) is 0 Å². The highest BCUT2D eigenvalue weighted by molar-refractivity contribution is 7.92. The van der Waals surface area contributed by atoms with Crippen LogP contribution >= 0.6 is 0 Å². The molecule has 0 amide bonds. The van der Waals surface area contributed by atoms with Gasteiger partial charge in [-0.3, -0.25) is 9.10 Å². The van der Waals surface area contributed by atoms with E-state index >= 15 is 0 Å². The number of carbonyl (C=O) groups is 1. The zero-order valence-electron chi connectivity index (χ0n) is 14.8. The van der Waals surface area contributed by atoms with Crippen LogP contribution in [-0.2, 0) is 19.6 Å². The number of nitrogens with zero attached hydrogens (tertiary/aromatic N) is 1. The SMILES string of the molecule is CCOc1ccc(S(=O)(=O)N(CC(=O)OC)c2cccc(OC)c2)cc1. The first kappa shape index (κ1) is 19.6. The molecule has 2 rings (SSSR count). The van der Waals surface area contributed by atoms with Crippen LogP contribution in [0.1, 0.15) is 6.92 Å². The van der Waals surface area contributed by atoms with E-state index in [-0.39, 0.29) is 4.90 Å². The molecule has 0 aliphatic rings. The number of ether oxygens (including phenoxy) is 3. The number of hydrogen-bond donors (Lipinski definition) is 0. The van der Waals surface area contributed by atoms with E-state index in [1.807, 2.05) is 6.92 Å². The predicted molar refractivity (Wildman–Crippen MR) is 97.2 cm³/mol. The lowest BCUT2D eigenvalue weighted by Gasteiger charge is -2.23. The van der Waals surface area contributed by atoms with Gasteiger partial charge < -0.3 is 14.2 Å². The van der Waals surface area contributed by atoms with Crippen molar-refractivity contribution < 1.29 is 27.4 Å². The van der Waals surface area contributed by atoms with Gasteiger partial charge in [0.05, 0.1) is 31.4 Å². The fourth-order valence-electron chi connectivity index (χ4n) is 2.26. The highest BCUT2D eigenvalue weighted by Crippen LogP contribution is 2.27. The first-order chi connectivity index (χ1) is 12.4. The Labute approximate surface area is 153 Å². The molecule has 0 unspecified atom stereocenters. The van der Waals surface area contributed by atoms with Crippen molar-refractivity contribution in [3.05, 3.63) is 48.5 Å². The summed E-state index contributed by atoms with van der Waals surface area (Å²) in [6.45, 7) is 1.86. The lowest BCUT2D eigenvalue weighted by atomic mass is 10.3. The van der Waals surface area contributed by atoms with E-state index in [4.69, 9.17) is 9.47 Å². The molecule has 0 spiro atoms. The van der Waals surface area contributed by atoms with Gasteiger partial charge in [0.1, 0.15) is 18.0 Å². The summed E-state index contributed by atoms with van der Waals surface area (Å²) >= 11 is 0. The Morgan fingerprint density at radius 3 is 2.31 bits per heavy atom. The third-order valence-corrected chi connectivity index (χ3v) is 5.35. The molecule has 140 valence electrons.